The summed E-state index contributed by atoms with van der Waals surface area (Å²) in [5, 5.41) is 9.41. The van der Waals surface area contributed by atoms with E-state index in [4.69, 9.17) is 0 Å². The second-order valence-electron chi connectivity index (χ2n) is 5.61. The lowest BCUT2D eigenvalue weighted by Gasteiger charge is -2.38. The zero-order valence-corrected chi connectivity index (χ0v) is 15.4. The van der Waals surface area contributed by atoms with Crippen LogP contribution in [0.25, 0.3) is 0 Å². The molecule has 0 spiro atoms. The Morgan fingerprint density at radius 3 is 2.65 bits per heavy atom. The van der Waals surface area contributed by atoms with Gasteiger partial charge in [-0.05, 0) is 28.9 Å². The van der Waals surface area contributed by atoms with E-state index < -0.39 is 34.8 Å². The van der Waals surface area contributed by atoms with Gasteiger partial charge in [0, 0.05) is 47.4 Å². The number of nitrogens with zero attached hydrogens (tertiary/aromatic N) is 3. The van der Waals surface area contributed by atoms with Crippen LogP contribution in [-0.2, 0) is 15.6 Å². The number of hydrogen-bond donors (Lipinski definition) is 1. The minimum Gasteiger partial charge on any atom is -0.480 e. The van der Waals surface area contributed by atoms with E-state index in [0.29, 0.717) is 15.9 Å². The Balaban J connectivity index is 2.47. The number of rotatable bonds is 3. The first kappa shape index (κ1) is 17.9. The van der Waals surface area contributed by atoms with Crippen LogP contribution in [0.5, 0.6) is 0 Å². The Hall–Kier alpha value is -1.48. The molecule has 1 N–H and O–H groups in total. The molecular weight excluding hydrogens is 386 g/mol. The first-order valence-corrected chi connectivity index (χ1v) is 9.23. The van der Waals surface area contributed by atoms with E-state index in [2.05, 4.69) is 20.9 Å². The van der Waals surface area contributed by atoms with Crippen molar-refractivity contribution in [3.8, 4) is 0 Å². The average molecular weight is 404 g/mol. The van der Waals surface area contributed by atoms with E-state index in [1.165, 1.54) is 4.90 Å². The number of aromatic nitrogens is 1. The lowest BCUT2D eigenvalue weighted by atomic mass is 10.1. The molecule has 2 rings (SSSR count). The number of carboxylic acids is 1. The Labute approximate surface area is 145 Å². The molecule has 0 bridgehead atoms. The van der Waals surface area contributed by atoms with E-state index in [-0.39, 0.29) is 11.5 Å². The Bertz CT molecular complexity index is 667. The predicted octanol–water partition coefficient (Wildman–Crippen LogP) is 0.956. The van der Waals surface area contributed by atoms with E-state index in [1.807, 2.05) is 0 Å². The maximum absolute atomic E-state index is 13.0. The van der Waals surface area contributed by atoms with Crippen molar-refractivity contribution in [2.75, 3.05) is 30.5 Å². The van der Waals surface area contributed by atoms with Gasteiger partial charge in [0.2, 0.25) is 0 Å². The number of carbonyl (C=O) groups excluding carboxylic acids is 1. The van der Waals surface area contributed by atoms with Crippen molar-refractivity contribution in [1.82, 2.24) is 9.88 Å². The van der Waals surface area contributed by atoms with Crippen LogP contribution in [0.1, 0.15) is 17.3 Å². The van der Waals surface area contributed by atoms with Crippen molar-refractivity contribution >= 4 is 44.4 Å². The molecule has 0 aliphatic carbocycles. The Kier molecular flexibility index (Phi) is 5.41. The molecule has 126 valence electrons. The molecule has 1 aromatic heterocycles. The lowest BCUT2D eigenvalue weighted by molar-refractivity contribution is -0.142. The van der Waals surface area contributed by atoms with Crippen LogP contribution in [0, 0.1) is 0 Å². The molecule has 7 nitrogen and oxygen atoms in total. The molecule has 3 unspecified atom stereocenters. The summed E-state index contributed by atoms with van der Waals surface area (Å²) >= 11 is 3.29. The van der Waals surface area contributed by atoms with Gasteiger partial charge < -0.3 is 14.9 Å². The van der Waals surface area contributed by atoms with E-state index in [9.17, 15) is 18.9 Å². The second-order valence-corrected chi connectivity index (χ2v) is 8.07. The number of pyridine rings is 1. The lowest BCUT2D eigenvalue weighted by Crippen LogP contribution is -2.57. The van der Waals surface area contributed by atoms with E-state index in [1.54, 1.807) is 38.2 Å². The molecule has 1 aliphatic rings. The van der Waals surface area contributed by atoms with Crippen molar-refractivity contribution in [2.24, 2.45) is 0 Å². The smallest absolute Gasteiger partial charge is 0.327 e. The first-order valence-electron chi connectivity index (χ1n) is 6.95. The molecule has 1 fully saturated rings. The normalized spacial score (nSPS) is 24.3. The van der Waals surface area contributed by atoms with Gasteiger partial charge in [-0.25, -0.2) is 9.78 Å². The molecule has 1 saturated heterocycles. The number of amides is 1. The summed E-state index contributed by atoms with van der Waals surface area (Å²) in [7, 11) is 2.28. The third kappa shape index (κ3) is 3.72. The highest BCUT2D eigenvalue weighted by molar-refractivity contribution is 9.10. The van der Waals surface area contributed by atoms with Crippen molar-refractivity contribution in [2.45, 2.75) is 19.0 Å². The molecule has 3 atom stereocenters. The van der Waals surface area contributed by atoms with Crippen LogP contribution < -0.4 is 4.90 Å². The van der Waals surface area contributed by atoms with Gasteiger partial charge in [0.05, 0.1) is 11.3 Å². The fourth-order valence-electron chi connectivity index (χ4n) is 2.60. The summed E-state index contributed by atoms with van der Waals surface area (Å²) in [6.45, 7) is 1.71. The molecule has 23 heavy (non-hydrogen) atoms. The monoisotopic (exact) mass is 403 g/mol. The highest BCUT2D eigenvalue weighted by atomic mass is 79.9. The predicted molar refractivity (Wildman–Crippen MR) is 91.2 cm³/mol. The summed E-state index contributed by atoms with van der Waals surface area (Å²) in [6, 6.07) is 0.107. The van der Waals surface area contributed by atoms with Gasteiger partial charge in [-0.2, -0.15) is 0 Å². The summed E-state index contributed by atoms with van der Waals surface area (Å²) in [5.41, 5.74) is 0.315. The molecule has 1 aliphatic heterocycles. The molecule has 1 aromatic rings. The summed E-state index contributed by atoms with van der Waals surface area (Å²) in [6.07, 6.45) is 1.58. The van der Waals surface area contributed by atoms with E-state index in [0.717, 1.165) is 0 Å². The van der Waals surface area contributed by atoms with Crippen molar-refractivity contribution < 1.29 is 18.9 Å². The van der Waals surface area contributed by atoms with Crippen molar-refractivity contribution in [3.63, 3.8) is 0 Å². The Morgan fingerprint density at radius 1 is 1.43 bits per heavy atom. The molecule has 0 saturated carbocycles. The van der Waals surface area contributed by atoms with Gasteiger partial charge >= 0.3 is 5.97 Å². The molecule has 2 heterocycles. The number of hydrogen-bond acceptors (Lipinski definition) is 5. The van der Waals surface area contributed by atoms with Gasteiger partial charge in [0.25, 0.3) is 5.91 Å². The number of aliphatic carboxylic acids is 1. The number of anilines is 1. The third-order valence-electron chi connectivity index (χ3n) is 3.59. The third-order valence-corrected chi connectivity index (χ3v) is 5.56. The van der Waals surface area contributed by atoms with Gasteiger partial charge in [-0.15, -0.1) is 0 Å². The maximum Gasteiger partial charge on any atom is 0.327 e. The minimum atomic E-state index is -1.24. The van der Waals surface area contributed by atoms with Crippen LogP contribution in [0.15, 0.2) is 16.7 Å². The highest BCUT2D eigenvalue weighted by Gasteiger charge is 2.40. The summed E-state index contributed by atoms with van der Waals surface area (Å²) in [5.74, 6) is -0.883. The first-order chi connectivity index (χ1) is 10.7. The number of halogens is 1. The molecular formula is C14H18BrN3O4S. The van der Waals surface area contributed by atoms with Gasteiger partial charge in [0.1, 0.15) is 11.9 Å². The van der Waals surface area contributed by atoms with Crippen LogP contribution in [-0.4, -0.2) is 68.8 Å². The number of carboxylic acid groups (broad SMARTS) is 1. The largest absolute Gasteiger partial charge is 0.480 e. The van der Waals surface area contributed by atoms with Crippen LogP contribution in [0.2, 0.25) is 0 Å². The highest BCUT2D eigenvalue weighted by Crippen LogP contribution is 2.25. The van der Waals surface area contributed by atoms with Crippen molar-refractivity contribution in [3.05, 3.63) is 22.3 Å². The minimum absolute atomic E-state index is 0.0514. The quantitative estimate of drug-likeness (QED) is 0.807. The van der Waals surface area contributed by atoms with Gasteiger partial charge in [0.15, 0.2) is 0 Å². The van der Waals surface area contributed by atoms with E-state index >= 15 is 0 Å². The fourth-order valence-corrected chi connectivity index (χ4v) is 4.42. The molecule has 1 amide bonds. The van der Waals surface area contributed by atoms with Gasteiger partial charge in [-0.3, -0.25) is 9.00 Å². The maximum atomic E-state index is 13.0. The molecule has 0 radical (unpaired) electrons. The SMILES string of the molecule is CC1CS(=O)CC(C(=O)O)N1C(=O)c1cc(Br)cnc1N(C)C. The topological polar surface area (TPSA) is 90.8 Å². The van der Waals surface area contributed by atoms with Crippen LogP contribution in [0.4, 0.5) is 5.82 Å². The summed E-state index contributed by atoms with van der Waals surface area (Å²) in [4.78, 5) is 31.7. The zero-order chi connectivity index (χ0) is 17.3. The zero-order valence-electron chi connectivity index (χ0n) is 13.0. The Morgan fingerprint density at radius 2 is 2.09 bits per heavy atom. The second kappa shape index (κ2) is 6.96. The fraction of sp³-hybridized carbons (Fsp3) is 0.500. The van der Waals surface area contributed by atoms with Gasteiger partial charge in [-0.1, -0.05) is 0 Å². The average Bonchev–Trinajstić information content (AvgIpc) is 2.45. The standard InChI is InChI=1S/C14H18BrN3O4S/c1-8-6-23(22)7-11(14(20)21)18(8)13(19)10-4-9(15)5-16-12(10)17(2)3/h4-5,8,11H,6-7H2,1-3H3,(H,20,21). The van der Waals surface area contributed by atoms with Crippen molar-refractivity contribution in [1.29, 1.82) is 0 Å². The molecule has 0 aromatic carbocycles. The van der Waals surface area contributed by atoms with Crippen LogP contribution >= 0.6 is 15.9 Å². The van der Waals surface area contributed by atoms with Crippen LogP contribution in [0.3, 0.4) is 0 Å². The molecule has 9 heteroatoms. The summed E-state index contributed by atoms with van der Waals surface area (Å²) < 4.78 is 12.4. The number of carbonyl (C=O) groups is 2.